The highest BCUT2D eigenvalue weighted by atomic mass is 16.6. The van der Waals surface area contributed by atoms with Crippen LogP contribution in [0.1, 0.15) is 221 Å². The summed E-state index contributed by atoms with van der Waals surface area (Å²) in [5.41, 5.74) is 0.951. The first-order valence-electron chi connectivity index (χ1n) is 29.7. The van der Waals surface area contributed by atoms with Crippen LogP contribution in [-0.2, 0) is 62.0 Å². The van der Waals surface area contributed by atoms with E-state index < -0.39 is 54.6 Å². The zero-order valence-corrected chi connectivity index (χ0v) is 48.5. The third-order valence-corrected chi connectivity index (χ3v) is 13.1. The molecule has 0 spiro atoms. The van der Waals surface area contributed by atoms with Gasteiger partial charge in [-0.1, -0.05) is 211 Å². The molecule has 15 nitrogen and oxygen atoms in total. The SMILES string of the molecule is C=C/C=C/C/C(=C/C=C\C)C(=O)N1C[C@H](OC(=O)CC/C(=C/CC(=O)OCCCCCCCC)CC(=O)OCCCCCCCC)[C@@H](OC(=O)CN(CC(=O)OCCCCCCCC)CC(=O)OCCCCCCCC)C1. The summed E-state index contributed by atoms with van der Waals surface area (Å²) in [5.74, 6) is -3.95. The van der Waals surface area contributed by atoms with Gasteiger partial charge in [-0.05, 0) is 45.4 Å². The molecule has 438 valence electrons. The largest absolute Gasteiger partial charge is 0.465 e. The lowest BCUT2D eigenvalue weighted by molar-refractivity contribution is -0.165. The molecule has 1 aliphatic rings. The highest BCUT2D eigenvalue weighted by Crippen LogP contribution is 2.23. The van der Waals surface area contributed by atoms with Crippen molar-refractivity contribution in [2.24, 2.45) is 0 Å². The van der Waals surface area contributed by atoms with Crippen LogP contribution in [0.3, 0.4) is 0 Å². The zero-order chi connectivity index (χ0) is 56.6. The molecule has 0 bridgehead atoms. The zero-order valence-electron chi connectivity index (χ0n) is 48.5. The monoisotopic (exact) mass is 1080 g/mol. The summed E-state index contributed by atoms with van der Waals surface area (Å²) in [5, 5.41) is 0. The van der Waals surface area contributed by atoms with Gasteiger partial charge in [0, 0.05) is 12.0 Å². The molecule has 1 aliphatic heterocycles. The fourth-order valence-electron chi connectivity index (χ4n) is 8.63. The predicted octanol–water partition coefficient (Wildman–Crippen LogP) is 12.7. The van der Waals surface area contributed by atoms with Gasteiger partial charge in [0.15, 0.2) is 12.2 Å². The fourth-order valence-corrected chi connectivity index (χ4v) is 8.63. The highest BCUT2D eigenvalue weighted by molar-refractivity contribution is 5.94. The van der Waals surface area contributed by atoms with Crippen LogP contribution in [-0.4, -0.2) is 123 Å². The minimum absolute atomic E-state index is 0.0697. The Morgan fingerprint density at radius 1 is 0.494 bits per heavy atom. The molecule has 0 aromatic rings. The van der Waals surface area contributed by atoms with Crippen LogP contribution in [0.25, 0.3) is 0 Å². The average molecular weight is 1080 g/mol. The number of rotatable bonds is 48. The van der Waals surface area contributed by atoms with E-state index in [4.69, 9.17) is 28.4 Å². The minimum atomic E-state index is -1.11. The number of hydrogen-bond donors (Lipinski definition) is 0. The molecule has 1 rings (SSSR count). The van der Waals surface area contributed by atoms with Crippen LogP contribution in [0.15, 0.2) is 60.3 Å². The summed E-state index contributed by atoms with van der Waals surface area (Å²) < 4.78 is 34.0. The molecule has 1 amide bonds. The first kappa shape index (κ1) is 70.0. The Kier molecular flexibility index (Phi) is 43.7. The summed E-state index contributed by atoms with van der Waals surface area (Å²) in [7, 11) is 0. The highest BCUT2D eigenvalue weighted by Gasteiger charge is 2.41. The molecule has 77 heavy (non-hydrogen) atoms. The minimum Gasteiger partial charge on any atom is -0.465 e. The van der Waals surface area contributed by atoms with Crippen molar-refractivity contribution in [1.29, 1.82) is 0 Å². The Morgan fingerprint density at radius 3 is 1.36 bits per heavy atom. The lowest BCUT2D eigenvalue weighted by Crippen LogP contribution is -2.42. The van der Waals surface area contributed by atoms with Crippen molar-refractivity contribution < 1.29 is 62.0 Å². The van der Waals surface area contributed by atoms with Gasteiger partial charge in [0.05, 0.1) is 72.0 Å². The number of likely N-dealkylation sites (tertiary alicyclic amines) is 1. The van der Waals surface area contributed by atoms with Crippen LogP contribution in [0.4, 0.5) is 0 Å². The maximum absolute atomic E-state index is 14.1. The Hall–Kier alpha value is -5.05. The first-order chi connectivity index (χ1) is 37.4. The number of carbonyl (C=O) groups excluding carboxylic acids is 7. The molecular weight excluding hydrogens is 981 g/mol. The van der Waals surface area contributed by atoms with Crippen molar-refractivity contribution in [3.05, 3.63) is 60.3 Å². The molecule has 0 N–H and O–H groups in total. The topological polar surface area (TPSA) is 181 Å². The Balaban J connectivity index is 3.31. The van der Waals surface area contributed by atoms with Gasteiger partial charge in [-0.25, -0.2) is 0 Å². The van der Waals surface area contributed by atoms with Gasteiger partial charge in [-0.2, -0.15) is 0 Å². The second-order valence-electron chi connectivity index (χ2n) is 20.2. The van der Waals surface area contributed by atoms with Crippen molar-refractivity contribution in [2.45, 2.75) is 233 Å². The van der Waals surface area contributed by atoms with Crippen molar-refractivity contribution >= 4 is 41.7 Å². The third kappa shape index (κ3) is 38.2. The molecule has 0 aliphatic carbocycles. The van der Waals surface area contributed by atoms with Crippen molar-refractivity contribution in [2.75, 3.05) is 59.2 Å². The van der Waals surface area contributed by atoms with Crippen LogP contribution >= 0.6 is 0 Å². The smallest absolute Gasteiger partial charge is 0.320 e. The average Bonchev–Trinajstić information content (AvgIpc) is 3.80. The van der Waals surface area contributed by atoms with Crippen molar-refractivity contribution in [3.8, 4) is 0 Å². The van der Waals surface area contributed by atoms with Crippen LogP contribution in [0.5, 0.6) is 0 Å². The summed E-state index contributed by atoms with van der Waals surface area (Å²) in [6.45, 7) is 13.7. The second-order valence-corrected chi connectivity index (χ2v) is 20.2. The van der Waals surface area contributed by atoms with Gasteiger partial charge < -0.3 is 33.3 Å². The Bertz CT molecular complexity index is 1760. The molecule has 0 aromatic heterocycles. The number of allylic oxidation sites excluding steroid dienone is 6. The second kappa shape index (κ2) is 48.1. The normalized spacial score (nSPS) is 14.8. The van der Waals surface area contributed by atoms with Gasteiger partial charge in [-0.15, -0.1) is 0 Å². The number of amides is 1. The molecule has 0 radical (unpaired) electrons. The maximum Gasteiger partial charge on any atom is 0.320 e. The molecular formula is C62H102N2O13. The van der Waals surface area contributed by atoms with Gasteiger partial charge >= 0.3 is 35.8 Å². The molecule has 15 heteroatoms. The fraction of sp³-hybridized carbons (Fsp3) is 0.726. The number of hydrogen-bond acceptors (Lipinski definition) is 14. The van der Waals surface area contributed by atoms with E-state index in [0.717, 1.165) is 128 Å². The van der Waals surface area contributed by atoms with Crippen LogP contribution < -0.4 is 0 Å². The van der Waals surface area contributed by atoms with E-state index >= 15 is 0 Å². The summed E-state index contributed by atoms with van der Waals surface area (Å²) in [6, 6.07) is 0. The standard InChI is InChI=1S/C62H102N2O13/c1-7-13-19-23-27-32-42-72-56(65)40-38-52(46-58(67)73-43-33-28-24-20-14-8-2)39-41-57(66)76-54-47-64(62(71)53(36-18-12-6)37-31-17-11-5)48-55(54)77-61(70)51-63(49-59(68)74-44-34-29-25-21-15-9-3)50-60(69)75-45-35-30-26-22-16-10-4/h11-12,17-18,31,36,38,54-55H,5,7-10,13-16,19-30,32-35,37,39-51H2,1-4,6H3/b18-12-,31-17+,52-38-,53-36-/t54-,55-/m0/s1. The molecule has 0 unspecified atom stereocenters. The number of ether oxygens (including phenoxy) is 6. The lowest BCUT2D eigenvalue weighted by atomic mass is 10.1. The van der Waals surface area contributed by atoms with Crippen molar-refractivity contribution in [1.82, 2.24) is 9.80 Å². The number of esters is 6. The van der Waals surface area contributed by atoms with Gasteiger partial charge in [-0.3, -0.25) is 38.5 Å². The van der Waals surface area contributed by atoms with E-state index in [1.165, 1.54) is 22.6 Å². The van der Waals surface area contributed by atoms with E-state index in [1.807, 2.05) is 6.92 Å². The molecule has 0 aromatic carbocycles. The quantitative estimate of drug-likeness (QED) is 0.0140. The van der Waals surface area contributed by atoms with Crippen LogP contribution in [0.2, 0.25) is 0 Å². The third-order valence-electron chi connectivity index (χ3n) is 13.1. The molecule has 0 saturated carbocycles. The van der Waals surface area contributed by atoms with Crippen LogP contribution in [0, 0.1) is 0 Å². The maximum atomic E-state index is 14.1. The molecule has 1 fully saturated rings. The van der Waals surface area contributed by atoms with Gasteiger partial charge in [0.2, 0.25) is 5.91 Å². The summed E-state index contributed by atoms with van der Waals surface area (Å²) >= 11 is 0. The lowest BCUT2D eigenvalue weighted by Gasteiger charge is -2.23. The molecule has 1 saturated heterocycles. The van der Waals surface area contributed by atoms with E-state index in [1.54, 1.807) is 42.5 Å². The summed E-state index contributed by atoms with van der Waals surface area (Å²) in [4.78, 5) is 96.6. The molecule has 2 atom stereocenters. The van der Waals surface area contributed by atoms with E-state index in [2.05, 4.69) is 34.3 Å². The Morgan fingerprint density at radius 2 is 0.909 bits per heavy atom. The van der Waals surface area contributed by atoms with Crippen molar-refractivity contribution in [3.63, 3.8) is 0 Å². The van der Waals surface area contributed by atoms with E-state index in [-0.39, 0.29) is 84.0 Å². The first-order valence-corrected chi connectivity index (χ1v) is 29.7. The number of nitrogens with zero attached hydrogens (tertiary/aromatic N) is 2. The Labute approximate surface area is 464 Å². The predicted molar refractivity (Wildman–Crippen MR) is 304 cm³/mol. The van der Waals surface area contributed by atoms with Gasteiger partial charge in [0.25, 0.3) is 0 Å². The number of unbranched alkanes of at least 4 members (excludes halogenated alkanes) is 20. The van der Waals surface area contributed by atoms with Gasteiger partial charge in [0.1, 0.15) is 0 Å². The van der Waals surface area contributed by atoms with E-state index in [0.29, 0.717) is 30.6 Å². The molecule has 1 heterocycles. The summed E-state index contributed by atoms with van der Waals surface area (Å²) in [6.07, 6.45) is 34.3. The van der Waals surface area contributed by atoms with E-state index in [9.17, 15) is 33.6 Å². The number of carbonyl (C=O) groups is 7.